The van der Waals surface area contributed by atoms with E-state index in [9.17, 15) is 0 Å². The summed E-state index contributed by atoms with van der Waals surface area (Å²) in [6.45, 7) is 0.725. The van der Waals surface area contributed by atoms with Crippen LogP contribution in [0.25, 0.3) is 10.7 Å². The van der Waals surface area contributed by atoms with Crippen LogP contribution in [-0.2, 0) is 4.74 Å². The van der Waals surface area contributed by atoms with Gasteiger partial charge in [-0.1, -0.05) is 23.5 Å². The lowest BCUT2D eigenvalue weighted by Gasteiger charge is -2.19. The second-order valence-corrected chi connectivity index (χ2v) is 6.22. The highest BCUT2D eigenvalue weighted by molar-refractivity contribution is 7.18. The fraction of sp³-hybridized carbons (Fsp3) is 0.250. The molecular formula is C16H15N5OS. The van der Waals surface area contributed by atoms with Crippen molar-refractivity contribution >= 4 is 16.5 Å². The normalized spacial score (nSPS) is 20.5. The first-order valence-electron chi connectivity index (χ1n) is 7.43. The number of aromatic nitrogens is 4. The Kier molecular flexibility index (Phi) is 3.95. The molecule has 0 aliphatic carbocycles. The number of hydrogen-bond acceptors (Lipinski definition) is 7. The van der Waals surface area contributed by atoms with Crippen LogP contribution >= 0.6 is 11.3 Å². The van der Waals surface area contributed by atoms with Gasteiger partial charge in [0, 0.05) is 30.8 Å². The van der Waals surface area contributed by atoms with E-state index in [0.717, 1.165) is 34.4 Å². The zero-order valence-electron chi connectivity index (χ0n) is 12.3. The number of hydrogen-bond donors (Lipinski definition) is 1. The van der Waals surface area contributed by atoms with Gasteiger partial charge >= 0.3 is 0 Å². The molecule has 4 rings (SSSR count). The third-order valence-corrected chi connectivity index (χ3v) is 4.60. The van der Waals surface area contributed by atoms with Crippen LogP contribution in [0.4, 0.5) is 5.13 Å². The average Bonchev–Trinajstić information content (AvgIpc) is 3.26. The summed E-state index contributed by atoms with van der Waals surface area (Å²) in [5, 5.41) is 13.5. The summed E-state index contributed by atoms with van der Waals surface area (Å²) in [6.07, 6.45) is 6.30. The standard InChI is InChI=1S/C16H15N5OS/c1-2-8-18-13(5-1)15-20-21-16(23-15)19-12-6-9-22-14(12)11-4-3-7-17-10-11/h1-5,7-8,10,12,14H,6,9H2,(H,19,21)/t12-,14+/m1/s1. The van der Waals surface area contributed by atoms with Crippen LogP contribution in [0.2, 0.25) is 0 Å². The maximum absolute atomic E-state index is 5.86. The minimum atomic E-state index is -0.00843. The Morgan fingerprint density at radius 3 is 2.96 bits per heavy atom. The smallest absolute Gasteiger partial charge is 0.206 e. The summed E-state index contributed by atoms with van der Waals surface area (Å²) in [7, 11) is 0. The first-order valence-corrected chi connectivity index (χ1v) is 8.25. The van der Waals surface area contributed by atoms with Crippen molar-refractivity contribution in [3.05, 3.63) is 54.5 Å². The zero-order chi connectivity index (χ0) is 15.5. The fourth-order valence-corrected chi connectivity index (χ4v) is 3.43. The summed E-state index contributed by atoms with van der Waals surface area (Å²) >= 11 is 1.50. The van der Waals surface area contributed by atoms with Gasteiger partial charge < -0.3 is 10.1 Å². The summed E-state index contributed by atoms with van der Waals surface area (Å²) in [5.41, 5.74) is 1.92. The van der Waals surface area contributed by atoms with E-state index in [1.807, 2.05) is 36.5 Å². The van der Waals surface area contributed by atoms with Crippen molar-refractivity contribution in [2.75, 3.05) is 11.9 Å². The van der Waals surface area contributed by atoms with Gasteiger partial charge in [0.25, 0.3) is 0 Å². The third-order valence-electron chi connectivity index (χ3n) is 3.72. The van der Waals surface area contributed by atoms with Crippen molar-refractivity contribution in [1.29, 1.82) is 0 Å². The Bertz CT molecular complexity index is 764. The average molecular weight is 325 g/mol. The summed E-state index contributed by atoms with van der Waals surface area (Å²) < 4.78 is 5.86. The van der Waals surface area contributed by atoms with E-state index in [1.54, 1.807) is 12.4 Å². The van der Waals surface area contributed by atoms with Gasteiger partial charge in [-0.3, -0.25) is 9.97 Å². The number of nitrogens with one attached hydrogen (secondary N) is 1. The van der Waals surface area contributed by atoms with Gasteiger partial charge in [0.2, 0.25) is 5.13 Å². The molecule has 0 bridgehead atoms. The summed E-state index contributed by atoms with van der Waals surface area (Å²) in [5.74, 6) is 0. The van der Waals surface area contributed by atoms with Crippen molar-refractivity contribution in [3.63, 3.8) is 0 Å². The van der Waals surface area contributed by atoms with Gasteiger partial charge in [0.1, 0.15) is 11.8 Å². The molecule has 1 N–H and O–H groups in total. The molecule has 1 fully saturated rings. The molecule has 1 aliphatic heterocycles. The Morgan fingerprint density at radius 1 is 1.13 bits per heavy atom. The van der Waals surface area contributed by atoms with Gasteiger partial charge in [-0.2, -0.15) is 0 Å². The lowest BCUT2D eigenvalue weighted by atomic mass is 10.0. The van der Waals surface area contributed by atoms with Gasteiger partial charge in [-0.05, 0) is 24.6 Å². The largest absolute Gasteiger partial charge is 0.371 e. The van der Waals surface area contributed by atoms with Gasteiger partial charge in [-0.15, -0.1) is 10.2 Å². The van der Waals surface area contributed by atoms with E-state index >= 15 is 0 Å². The Labute approximate surface area is 137 Å². The van der Waals surface area contributed by atoms with Crippen LogP contribution < -0.4 is 5.32 Å². The predicted molar refractivity (Wildman–Crippen MR) is 88.1 cm³/mol. The molecule has 0 aromatic carbocycles. The highest BCUT2D eigenvalue weighted by Crippen LogP contribution is 2.33. The molecule has 1 aliphatic rings. The van der Waals surface area contributed by atoms with Gasteiger partial charge in [0.05, 0.1) is 6.04 Å². The molecule has 23 heavy (non-hydrogen) atoms. The molecule has 3 aromatic heterocycles. The minimum Gasteiger partial charge on any atom is -0.371 e. The summed E-state index contributed by atoms with van der Waals surface area (Å²) in [6, 6.07) is 9.90. The second kappa shape index (κ2) is 6.39. The molecule has 0 radical (unpaired) electrons. The van der Waals surface area contributed by atoms with Crippen molar-refractivity contribution in [3.8, 4) is 10.7 Å². The molecule has 1 saturated heterocycles. The Hall–Kier alpha value is -2.38. The highest BCUT2D eigenvalue weighted by Gasteiger charge is 2.30. The lowest BCUT2D eigenvalue weighted by Crippen LogP contribution is -2.23. The van der Waals surface area contributed by atoms with Crippen LogP contribution in [0.1, 0.15) is 18.1 Å². The number of anilines is 1. The second-order valence-electron chi connectivity index (χ2n) is 5.24. The highest BCUT2D eigenvalue weighted by atomic mass is 32.1. The van der Waals surface area contributed by atoms with E-state index in [0.29, 0.717) is 0 Å². The topological polar surface area (TPSA) is 72.8 Å². The molecular weight excluding hydrogens is 310 g/mol. The summed E-state index contributed by atoms with van der Waals surface area (Å²) in [4.78, 5) is 8.48. The predicted octanol–water partition coefficient (Wildman–Crippen LogP) is 2.94. The molecule has 0 amide bonds. The molecule has 2 atom stereocenters. The van der Waals surface area contributed by atoms with E-state index in [4.69, 9.17) is 4.74 Å². The van der Waals surface area contributed by atoms with Crippen LogP contribution in [0, 0.1) is 0 Å². The van der Waals surface area contributed by atoms with Crippen molar-refractivity contribution in [1.82, 2.24) is 20.2 Å². The monoisotopic (exact) mass is 325 g/mol. The van der Waals surface area contributed by atoms with E-state index in [1.165, 1.54) is 11.3 Å². The lowest BCUT2D eigenvalue weighted by molar-refractivity contribution is 0.107. The van der Waals surface area contributed by atoms with Crippen molar-refractivity contribution in [2.24, 2.45) is 0 Å². The maximum Gasteiger partial charge on any atom is 0.206 e. The van der Waals surface area contributed by atoms with Crippen LogP contribution in [0.5, 0.6) is 0 Å². The van der Waals surface area contributed by atoms with E-state index in [-0.39, 0.29) is 12.1 Å². The number of ether oxygens (including phenoxy) is 1. The van der Waals surface area contributed by atoms with Crippen LogP contribution in [0.15, 0.2) is 48.9 Å². The molecule has 3 aromatic rings. The first-order chi connectivity index (χ1) is 11.4. The van der Waals surface area contributed by atoms with E-state index < -0.39 is 0 Å². The third kappa shape index (κ3) is 3.06. The maximum atomic E-state index is 5.86. The molecule has 116 valence electrons. The molecule has 0 unspecified atom stereocenters. The number of nitrogens with zero attached hydrogens (tertiary/aromatic N) is 4. The molecule has 0 saturated carbocycles. The molecule has 6 nitrogen and oxygen atoms in total. The zero-order valence-corrected chi connectivity index (χ0v) is 13.1. The fourth-order valence-electron chi connectivity index (χ4n) is 2.64. The molecule has 0 spiro atoms. The minimum absolute atomic E-state index is 0.00843. The van der Waals surface area contributed by atoms with Gasteiger partial charge in [-0.25, -0.2) is 0 Å². The first kappa shape index (κ1) is 14.2. The SMILES string of the molecule is c1ccc(-c2nnc(N[C@@H]3CCO[C@H]3c3cccnc3)s2)nc1. The Balaban J connectivity index is 1.51. The van der Waals surface area contributed by atoms with Crippen molar-refractivity contribution < 1.29 is 4.74 Å². The quantitative estimate of drug-likeness (QED) is 0.795. The van der Waals surface area contributed by atoms with Crippen molar-refractivity contribution in [2.45, 2.75) is 18.6 Å². The number of rotatable bonds is 4. The molecule has 4 heterocycles. The number of pyridine rings is 2. The van der Waals surface area contributed by atoms with Crippen LogP contribution in [-0.4, -0.2) is 32.8 Å². The van der Waals surface area contributed by atoms with Crippen LogP contribution in [0.3, 0.4) is 0 Å². The Morgan fingerprint density at radius 2 is 2.13 bits per heavy atom. The van der Waals surface area contributed by atoms with Gasteiger partial charge in [0.15, 0.2) is 5.01 Å². The molecule has 7 heteroatoms. The van der Waals surface area contributed by atoms with E-state index in [2.05, 4.69) is 25.5 Å².